The Hall–Kier alpha value is -3.95. The van der Waals surface area contributed by atoms with Gasteiger partial charge in [0.1, 0.15) is 16.9 Å². The normalized spacial score (nSPS) is 16.8. The van der Waals surface area contributed by atoms with Crippen molar-refractivity contribution in [3.8, 4) is 11.5 Å². The zero-order chi connectivity index (χ0) is 23.9. The van der Waals surface area contributed by atoms with Crippen molar-refractivity contribution in [1.82, 2.24) is 9.55 Å². The third-order valence-corrected chi connectivity index (χ3v) is 5.46. The molecule has 3 aromatic rings. The van der Waals surface area contributed by atoms with Gasteiger partial charge in [0.25, 0.3) is 5.56 Å². The largest absolute Gasteiger partial charge is 0.505 e. The summed E-state index contributed by atoms with van der Waals surface area (Å²) in [5.41, 5.74) is -1.74. The number of carbonyl (C=O) groups is 2. The summed E-state index contributed by atoms with van der Waals surface area (Å²) in [6, 6.07) is 5.79. The molecule has 0 radical (unpaired) electrons. The van der Waals surface area contributed by atoms with E-state index in [1.807, 2.05) is 0 Å². The van der Waals surface area contributed by atoms with E-state index in [-0.39, 0.29) is 36.4 Å². The van der Waals surface area contributed by atoms with Gasteiger partial charge in [-0.3, -0.25) is 14.3 Å². The molecule has 3 heterocycles. The van der Waals surface area contributed by atoms with Gasteiger partial charge in [0.2, 0.25) is 5.60 Å². The van der Waals surface area contributed by atoms with Gasteiger partial charge < -0.3 is 19.3 Å². The summed E-state index contributed by atoms with van der Waals surface area (Å²) in [6.45, 7) is 2.74. The molecule has 0 saturated heterocycles. The van der Waals surface area contributed by atoms with Gasteiger partial charge in [-0.2, -0.15) is 0 Å². The van der Waals surface area contributed by atoms with Crippen LogP contribution in [-0.4, -0.2) is 45.9 Å². The molecule has 33 heavy (non-hydrogen) atoms. The molecule has 1 aliphatic heterocycles. The van der Waals surface area contributed by atoms with E-state index < -0.39 is 40.2 Å². The molecule has 0 amide bonds. The van der Waals surface area contributed by atoms with Gasteiger partial charge in [-0.15, -0.1) is 0 Å². The molecule has 2 aromatic heterocycles. The highest BCUT2D eigenvalue weighted by molar-refractivity contribution is 6.00. The summed E-state index contributed by atoms with van der Waals surface area (Å²) in [5.74, 6) is -2.63. The van der Waals surface area contributed by atoms with E-state index in [1.165, 1.54) is 32.4 Å². The van der Waals surface area contributed by atoms with Crippen LogP contribution in [-0.2, 0) is 27.2 Å². The number of carbonyl (C=O) groups excluding carboxylic acids is 2. The van der Waals surface area contributed by atoms with Crippen LogP contribution in [0.4, 0.5) is 4.39 Å². The topological polar surface area (TPSA) is 117 Å². The zero-order valence-corrected chi connectivity index (χ0v) is 18.2. The molecule has 1 N–H and O–H groups in total. The molecular weight excluding hydrogens is 435 g/mol. The van der Waals surface area contributed by atoms with Crippen molar-refractivity contribution in [3.05, 3.63) is 63.3 Å². The molecule has 0 aliphatic carbocycles. The van der Waals surface area contributed by atoms with Crippen molar-refractivity contribution in [1.29, 1.82) is 0 Å². The molecule has 1 aromatic carbocycles. The number of pyridine rings is 2. The Labute approximate surface area is 187 Å². The summed E-state index contributed by atoms with van der Waals surface area (Å²) < 4.78 is 30.3. The minimum absolute atomic E-state index is 0.00593. The van der Waals surface area contributed by atoms with Crippen LogP contribution in [0.1, 0.15) is 35.3 Å². The maximum absolute atomic E-state index is 13.3. The molecule has 172 valence electrons. The van der Waals surface area contributed by atoms with Crippen molar-refractivity contribution >= 4 is 23.0 Å². The fourth-order valence-corrected chi connectivity index (χ4v) is 3.88. The number of hydrogen-bond acceptors (Lipinski definition) is 8. The lowest BCUT2D eigenvalue weighted by Crippen LogP contribution is -2.51. The summed E-state index contributed by atoms with van der Waals surface area (Å²) in [4.78, 5) is 42.5. The first kappa shape index (κ1) is 22.3. The van der Waals surface area contributed by atoms with Crippen LogP contribution >= 0.6 is 0 Å². The van der Waals surface area contributed by atoms with Crippen LogP contribution < -0.4 is 10.3 Å². The molecule has 9 nitrogen and oxygen atoms in total. The monoisotopic (exact) mass is 456 g/mol. The van der Waals surface area contributed by atoms with Gasteiger partial charge in [-0.25, -0.2) is 14.0 Å². The number of aromatic nitrogens is 2. The van der Waals surface area contributed by atoms with E-state index in [0.717, 1.165) is 10.1 Å². The number of rotatable bonds is 5. The third-order valence-electron chi connectivity index (χ3n) is 5.46. The SMILES string of the molecule is CCOC(=O)c1c(O)c2ncc(Cc3ccc(F)cc3)c3c2n(c1=O)CC(C)(C(=O)OC)O3. The maximum Gasteiger partial charge on any atom is 0.351 e. The van der Waals surface area contributed by atoms with E-state index in [0.29, 0.717) is 5.56 Å². The van der Waals surface area contributed by atoms with Gasteiger partial charge in [-0.1, -0.05) is 12.1 Å². The van der Waals surface area contributed by atoms with Crippen molar-refractivity contribution < 1.29 is 33.3 Å². The first-order valence-corrected chi connectivity index (χ1v) is 10.2. The molecule has 0 saturated carbocycles. The van der Waals surface area contributed by atoms with Crippen LogP contribution in [0, 0.1) is 5.82 Å². The highest BCUT2D eigenvalue weighted by atomic mass is 19.1. The molecule has 10 heteroatoms. The highest BCUT2D eigenvalue weighted by Gasteiger charge is 2.44. The van der Waals surface area contributed by atoms with Crippen LogP contribution in [0.25, 0.3) is 11.0 Å². The Morgan fingerprint density at radius 1 is 1.30 bits per heavy atom. The predicted molar refractivity (Wildman–Crippen MR) is 114 cm³/mol. The summed E-state index contributed by atoms with van der Waals surface area (Å²) in [6.07, 6.45) is 1.65. The van der Waals surface area contributed by atoms with Gasteiger partial charge >= 0.3 is 11.9 Å². The van der Waals surface area contributed by atoms with Gasteiger partial charge in [-0.05, 0) is 31.5 Å². The Bertz CT molecular complexity index is 1330. The summed E-state index contributed by atoms with van der Waals surface area (Å²) >= 11 is 0. The van der Waals surface area contributed by atoms with Crippen LogP contribution in [0.5, 0.6) is 11.5 Å². The Kier molecular flexibility index (Phi) is 5.52. The standard InChI is InChI=1S/C23H21FN2O7/c1-4-32-21(29)15-18(27)16-17-19(13(10-25-16)9-12-5-7-14(24)8-6-12)33-23(2,22(30)31-3)11-26(17)20(15)28/h5-8,10,27H,4,9,11H2,1-3H3. The van der Waals surface area contributed by atoms with E-state index >= 15 is 0 Å². The summed E-state index contributed by atoms with van der Waals surface area (Å²) in [7, 11) is 1.19. The maximum atomic E-state index is 13.3. The number of methoxy groups -OCH3 is 1. The smallest absolute Gasteiger partial charge is 0.351 e. The molecule has 4 rings (SSSR count). The average Bonchev–Trinajstić information content (AvgIpc) is 2.79. The van der Waals surface area contributed by atoms with Crippen LogP contribution in [0.2, 0.25) is 0 Å². The van der Waals surface area contributed by atoms with E-state index in [1.54, 1.807) is 19.1 Å². The Morgan fingerprint density at radius 2 is 2.00 bits per heavy atom. The number of ether oxygens (including phenoxy) is 3. The lowest BCUT2D eigenvalue weighted by atomic mass is 9.99. The lowest BCUT2D eigenvalue weighted by molar-refractivity contribution is -0.159. The van der Waals surface area contributed by atoms with Gasteiger partial charge in [0.15, 0.2) is 17.1 Å². The number of benzene rings is 1. The van der Waals surface area contributed by atoms with Gasteiger partial charge in [0, 0.05) is 18.2 Å². The second-order valence-electron chi connectivity index (χ2n) is 7.77. The molecular formula is C23H21FN2O7. The first-order valence-electron chi connectivity index (χ1n) is 10.2. The van der Waals surface area contributed by atoms with Crippen LogP contribution in [0.15, 0.2) is 35.3 Å². The predicted octanol–water partition coefficient (Wildman–Crippen LogP) is 2.33. The van der Waals surface area contributed by atoms with Crippen molar-refractivity contribution in [2.45, 2.75) is 32.4 Å². The molecule has 1 atom stereocenters. The number of halogens is 1. The van der Waals surface area contributed by atoms with Crippen molar-refractivity contribution in [3.63, 3.8) is 0 Å². The van der Waals surface area contributed by atoms with E-state index in [4.69, 9.17) is 14.2 Å². The zero-order valence-electron chi connectivity index (χ0n) is 18.2. The Morgan fingerprint density at radius 3 is 2.64 bits per heavy atom. The minimum atomic E-state index is -1.60. The second kappa shape index (κ2) is 8.19. The highest BCUT2D eigenvalue weighted by Crippen LogP contribution is 2.40. The molecule has 0 fully saturated rings. The molecule has 0 bridgehead atoms. The fourth-order valence-electron chi connectivity index (χ4n) is 3.88. The van der Waals surface area contributed by atoms with Gasteiger partial charge in [0.05, 0.1) is 20.3 Å². The number of esters is 2. The van der Waals surface area contributed by atoms with Crippen molar-refractivity contribution in [2.24, 2.45) is 0 Å². The number of aromatic hydroxyl groups is 1. The molecule has 1 unspecified atom stereocenters. The first-order chi connectivity index (χ1) is 15.7. The average molecular weight is 456 g/mol. The van der Waals surface area contributed by atoms with E-state index in [2.05, 4.69) is 4.98 Å². The van der Waals surface area contributed by atoms with E-state index in [9.17, 15) is 23.9 Å². The lowest BCUT2D eigenvalue weighted by Gasteiger charge is -2.35. The molecule has 1 aliphatic rings. The number of hydrogen-bond donors (Lipinski definition) is 1. The fraction of sp³-hybridized carbons (Fsp3) is 0.304. The molecule has 0 spiro atoms. The quantitative estimate of drug-likeness (QED) is 0.582. The van der Waals surface area contributed by atoms with Crippen molar-refractivity contribution in [2.75, 3.05) is 13.7 Å². The Balaban J connectivity index is 1.99. The second-order valence-corrected chi connectivity index (χ2v) is 7.77. The number of nitrogens with zero attached hydrogens (tertiary/aromatic N) is 2. The summed E-state index contributed by atoms with van der Waals surface area (Å²) in [5, 5.41) is 10.7. The van der Waals surface area contributed by atoms with Crippen LogP contribution in [0.3, 0.4) is 0 Å². The third kappa shape index (κ3) is 3.67. The minimum Gasteiger partial charge on any atom is -0.505 e.